The molecule has 12 heteroatoms. The molecule has 0 saturated carbocycles. The number of aliphatic carboxylic acids is 1. The minimum Gasteiger partial charge on any atom is -0.507 e. The molecule has 6 atom stereocenters. The molecule has 0 amide bonds. The smallest absolute Gasteiger partial charge is 0.336 e. The number of rotatable bonds is 4. The lowest BCUT2D eigenvalue weighted by atomic mass is 9.73. The molecule has 1 saturated heterocycles. The van der Waals surface area contributed by atoms with Crippen molar-refractivity contribution in [2.45, 2.75) is 62.4 Å². The van der Waals surface area contributed by atoms with E-state index >= 15 is 0 Å². The summed E-state index contributed by atoms with van der Waals surface area (Å²) in [5, 5.41) is 53.5. The molecule has 0 spiro atoms. The number of carboxylic acid groups (broad SMARTS) is 1. The van der Waals surface area contributed by atoms with Gasteiger partial charge >= 0.3 is 5.97 Å². The third-order valence-corrected chi connectivity index (χ3v) is 7.54. The summed E-state index contributed by atoms with van der Waals surface area (Å²) >= 11 is 0. The van der Waals surface area contributed by atoms with Crippen LogP contribution in [0.25, 0.3) is 0 Å². The summed E-state index contributed by atoms with van der Waals surface area (Å²) in [4.78, 5) is 39.1. The van der Waals surface area contributed by atoms with Crippen LogP contribution in [0, 0.1) is 0 Å². The Bertz CT molecular complexity index is 1360. The van der Waals surface area contributed by atoms with Gasteiger partial charge in [0.05, 0.1) is 42.1 Å². The fourth-order valence-electron chi connectivity index (χ4n) is 5.55. The number of aromatic hydroxyl groups is 2. The van der Waals surface area contributed by atoms with Crippen LogP contribution in [0.1, 0.15) is 68.8 Å². The number of nitrogens with two attached hydrogens (primary N) is 1. The Balaban J connectivity index is 1.68. The highest BCUT2D eigenvalue weighted by Gasteiger charge is 2.50. The van der Waals surface area contributed by atoms with Crippen LogP contribution >= 0.6 is 0 Å². The van der Waals surface area contributed by atoms with E-state index in [1.165, 1.54) is 25.3 Å². The summed E-state index contributed by atoms with van der Waals surface area (Å²) < 4.78 is 16.9. The predicted octanol–water partition coefficient (Wildman–Crippen LogP) is 0.524. The number of carboxylic acids is 1. The van der Waals surface area contributed by atoms with Crippen molar-refractivity contribution in [2.24, 2.45) is 5.73 Å². The van der Waals surface area contributed by atoms with E-state index in [4.69, 9.17) is 19.9 Å². The average Bonchev–Trinajstić information content (AvgIpc) is 2.87. The zero-order valence-corrected chi connectivity index (χ0v) is 20.5. The lowest BCUT2D eigenvalue weighted by Crippen LogP contribution is -2.52. The van der Waals surface area contributed by atoms with Gasteiger partial charge in [-0.25, -0.2) is 4.79 Å². The van der Waals surface area contributed by atoms with Crippen molar-refractivity contribution in [1.82, 2.24) is 0 Å². The highest BCUT2D eigenvalue weighted by atomic mass is 16.7. The number of fused-ring (bicyclic) bond motifs is 3. The number of carbonyl (C=O) groups excluding carboxylic acids is 2. The number of ether oxygens (including phenoxy) is 3. The molecule has 7 N–H and O–H groups in total. The third kappa shape index (κ3) is 3.76. The average molecular weight is 529 g/mol. The molecule has 1 heterocycles. The zero-order valence-electron chi connectivity index (χ0n) is 20.5. The van der Waals surface area contributed by atoms with E-state index in [0.29, 0.717) is 0 Å². The molecule has 1 aliphatic heterocycles. The van der Waals surface area contributed by atoms with Gasteiger partial charge in [0, 0.05) is 42.0 Å². The number of ketones is 2. The summed E-state index contributed by atoms with van der Waals surface area (Å²) in [6, 6.07) is 3.60. The summed E-state index contributed by atoms with van der Waals surface area (Å²) in [5.74, 6) is -4.52. The molecule has 0 aromatic heterocycles. The van der Waals surface area contributed by atoms with Crippen LogP contribution in [0.2, 0.25) is 0 Å². The van der Waals surface area contributed by atoms with Gasteiger partial charge in [0.15, 0.2) is 17.7 Å². The maximum Gasteiger partial charge on any atom is 0.336 e. The highest BCUT2D eigenvalue weighted by Crippen LogP contribution is 2.52. The fraction of sp³-hybridized carbons (Fsp3) is 0.423. The van der Waals surface area contributed by atoms with Crippen LogP contribution in [-0.4, -0.2) is 80.3 Å². The van der Waals surface area contributed by atoms with Crippen LogP contribution in [0.5, 0.6) is 17.2 Å². The van der Waals surface area contributed by atoms with Crippen LogP contribution in [0.15, 0.2) is 18.2 Å². The standard InChI is InChI=1S/C26H27NO11/c1-9-20(28)12(27)6-15(37-9)38-14-8-26(35,25(33)34)7-11-17(14)24(32)19-18(22(11)30)21(29)10-4-3-5-13(36-2)16(10)23(19)31/h3-5,9,12,14-15,20,28,30,32,35H,6-8,27H2,1-2H3,(H,33,34)/t9-,12+,14+,15?,20-,26+/m1/s1. The van der Waals surface area contributed by atoms with E-state index in [2.05, 4.69) is 0 Å². The lowest BCUT2D eigenvalue weighted by Gasteiger charge is -2.41. The number of phenolic OH excluding ortho intramolecular Hbond substituents is 2. The number of benzene rings is 2. The molecular weight excluding hydrogens is 502 g/mol. The molecule has 3 aliphatic rings. The summed E-state index contributed by atoms with van der Waals surface area (Å²) in [6.07, 6.45) is -5.42. The third-order valence-electron chi connectivity index (χ3n) is 7.54. The summed E-state index contributed by atoms with van der Waals surface area (Å²) in [6.45, 7) is 1.57. The van der Waals surface area contributed by atoms with Crippen molar-refractivity contribution >= 4 is 17.5 Å². The van der Waals surface area contributed by atoms with Gasteiger partial charge in [-0.2, -0.15) is 0 Å². The Kier molecular flexibility index (Phi) is 6.20. The SMILES string of the molecule is COc1cccc2c1C(=O)c1c(O)c3c(c(O)c1C2=O)C[C@@](O)(C(=O)O)C[C@@H]3OC1C[C@H](N)[C@H](O)[C@@H](C)O1. The van der Waals surface area contributed by atoms with Crippen molar-refractivity contribution in [2.75, 3.05) is 7.11 Å². The van der Waals surface area contributed by atoms with Gasteiger partial charge in [-0.1, -0.05) is 12.1 Å². The number of phenols is 2. The second kappa shape index (κ2) is 9.03. The van der Waals surface area contributed by atoms with Crippen molar-refractivity contribution in [3.8, 4) is 17.2 Å². The first-order valence-corrected chi connectivity index (χ1v) is 12.0. The summed E-state index contributed by atoms with van der Waals surface area (Å²) in [7, 11) is 1.32. The minimum atomic E-state index is -2.44. The second-order valence-electron chi connectivity index (χ2n) is 9.88. The van der Waals surface area contributed by atoms with Crippen molar-refractivity contribution in [1.29, 1.82) is 0 Å². The molecule has 0 bridgehead atoms. The Labute approximate surface area is 216 Å². The largest absolute Gasteiger partial charge is 0.507 e. The highest BCUT2D eigenvalue weighted by molar-refractivity contribution is 6.31. The molecular formula is C26H27NO11. The van der Waals surface area contributed by atoms with Crippen molar-refractivity contribution < 1.29 is 54.1 Å². The maximum absolute atomic E-state index is 13.6. The first kappa shape index (κ1) is 26.1. The van der Waals surface area contributed by atoms with Gasteiger partial charge in [0.2, 0.25) is 5.78 Å². The molecule has 202 valence electrons. The number of hydrogen-bond donors (Lipinski definition) is 6. The van der Waals surface area contributed by atoms with E-state index in [1.807, 2.05) is 0 Å². The molecule has 1 unspecified atom stereocenters. The van der Waals surface area contributed by atoms with E-state index in [9.17, 15) is 39.9 Å². The van der Waals surface area contributed by atoms with Gasteiger partial charge in [-0.05, 0) is 13.0 Å². The molecule has 38 heavy (non-hydrogen) atoms. The van der Waals surface area contributed by atoms with E-state index < -0.39 is 89.2 Å². The molecule has 0 radical (unpaired) electrons. The Morgan fingerprint density at radius 1 is 1.13 bits per heavy atom. The molecule has 12 nitrogen and oxygen atoms in total. The molecule has 2 aromatic carbocycles. The Hall–Kier alpha value is -3.55. The number of aliphatic hydroxyl groups is 2. The molecule has 5 rings (SSSR count). The van der Waals surface area contributed by atoms with Crippen LogP contribution in [-0.2, 0) is 20.7 Å². The van der Waals surface area contributed by atoms with Crippen LogP contribution < -0.4 is 10.5 Å². The van der Waals surface area contributed by atoms with E-state index in [-0.39, 0.29) is 34.4 Å². The number of hydrogen-bond acceptors (Lipinski definition) is 11. The minimum absolute atomic E-state index is 0.00250. The first-order chi connectivity index (χ1) is 17.9. The van der Waals surface area contributed by atoms with Crippen LogP contribution in [0.4, 0.5) is 0 Å². The number of carbonyl (C=O) groups is 3. The van der Waals surface area contributed by atoms with Gasteiger partial charge in [-0.15, -0.1) is 0 Å². The maximum atomic E-state index is 13.6. The first-order valence-electron chi connectivity index (χ1n) is 12.0. The molecule has 2 aliphatic carbocycles. The summed E-state index contributed by atoms with van der Waals surface area (Å²) in [5.41, 5.74) is 1.98. The molecule has 1 fully saturated rings. The van der Waals surface area contributed by atoms with Gasteiger partial charge in [0.1, 0.15) is 17.2 Å². The zero-order chi connectivity index (χ0) is 27.7. The number of methoxy groups -OCH3 is 1. The topological polar surface area (TPSA) is 206 Å². The predicted molar refractivity (Wildman–Crippen MR) is 127 cm³/mol. The number of aliphatic hydroxyl groups excluding tert-OH is 1. The van der Waals surface area contributed by atoms with Gasteiger partial charge in [0.25, 0.3) is 0 Å². The van der Waals surface area contributed by atoms with Gasteiger partial charge in [-0.3, -0.25) is 9.59 Å². The normalized spacial score (nSPS) is 30.3. The quantitative estimate of drug-likeness (QED) is 0.256. The monoisotopic (exact) mass is 529 g/mol. The molecule has 2 aromatic rings. The van der Waals surface area contributed by atoms with Crippen molar-refractivity contribution in [3.63, 3.8) is 0 Å². The second-order valence-corrected chi connectivity index (χ2v) is 9.88. The fourth-order valence-corrected chi connectivity index (χ4v) is 5.55. The Morgan fingerprint density at radius 2 is 1.82 bits per heavy atom. The van der Waals surface area contributed by atoms with Gasteiger partial charge < -0.3 is 45.5 Å². The van der Waals surface area contributed by atoms with E-state index in [1.54, 1.807) is 6.92 Å². The van der Waals surface area contributed by atoms with E-state index in [0.717, 1.165) is 0 Å². The van der Waals surface area contributed by atoms with Crippen molar-refractivity contribution in [3.05, 3.63) is 51.6 Å². The van der Waals surface area contributed by atoms with Crippen LogP contribution in [0.3, 0.4) is 0 Å². The lowest BCUT2D eigenvalue weighted by molar-refractivity contribution is -0.248. The Morgan fingerprint density at radius 3 is 2.45 bits per heavy atom.